The van der Waals surface area contributed by atoms with Crippen LogP contribution in [0.3, 0.4) is 0 Å². The first-order chi connectivity index (χ1) is 10.0. The normalized spacial score (nSPS) is 11.6. The van der Waals surface area contributed by atoms with Gasteiger partial charge in [-0.15, -0.1) is 0 Å². The number of benzene rings is 2. The summed E-state index contributed by atoms with van der Waals surface area (Å²) in [6.07, 6.45) is -1.62. The largest absolute Gasteiger partial charge is 0.457 e. The number of rotatable bonds is 2. The number of fused-ring (bicyclic) bond motifs is 1. The van der Waals surface area contributed by atoms with Gasteiger partial charge in [-0.2, -0.15) is 13.2 Å². The molecule has 1 heterocycles. The summed E-state index contributed by atoms with van der Waals surface area (Å²) in [6.45, 7) is 0. The molecule has 2 nitrogen and oxygen atoms in total. The van der Waals surface area contributed by atoms with Crippen molar-refractivity contribution in [3.63, 3.8) is 0 Å². The van der Waals surface area contributed by atoms with Gasteiger partial charge in [-0.3, -0.25) is 0 Å². The van der Waals surface area contributed by atoms with E-state index in [1.807, 2.05) is 6.07 Å². The summed E-state index contributed by atoms with van der Waals surface area (Å²) in [5, 5.41) is 0.873. The van der Waals surface area contributed by atoms with Gasteiger partial charge in [0.05, 0.1) is 17.3 Å². The fraction of sp³-hybridized carbons (Fsp3) is 0.0625. The Hall–Kier alpha value is -2.56. The Morgan fingerprint density at radius 3 is 2.33 bits per heavy atom. The van der Waals surface area contributed by atoms with Crippen molar-refractivity contribution < 1.29 is 17.9 Å². The zero-order valence-electron chi connectivity index (χ0n) is 10.7. The molecule has 0 saturated carbocycles. The van der Waals surface area contributed by atoms with Crippen LogP contribution in [-0.2, 0) is 6.18 Å². The lowest BCUT2D eigenvalue weighted by Gasteiger charge is -2.09. The second-order valence-corrected chi connectivity index (χ2v) is 4.42. The molecule has 105 valence electrons. The van der Waals surface area contributed by atoms with E-state index in [4.69, 9.17) is 4.74 Å². The molecule has 1 aromatic heterocycles. The van der Waals surface area contributed by atoms with Crippen LogP contribution in [0.1, 0.15) is 5.56 Å². The summed E-state index contributed by atoms with van der Waals surface area (Å²) >= 11 is 0. The third-order valence-electron chi connectivity index (χ3n) is 2.94. The number of aromatic nitrogens is 1. The first-order valence-corrected chi connectivity index (χ1v) is 6.14. The molecule has 0 atom stereocenters. The average Bonchev–Trinajstić information content (AvgIpc) is 2.47. The maximum atomic E-state index is 12.5. The number of alkyl halides is 3. The van der Waals surface area contributed by atoms with E-state index in [-0.39, 0.29) is 0 Å². The maximum absolute atomic E-state index is 12.5. The van der Waals surface area contributed by atoms with Crippen LogP contribution in [0.5, 0.6) is 11.5 Å². The van der Waals surface area contributed by atoms with Crippen LogP contribution in [0, 0.1) is 6.20 Å². The van der Waals surface area contributed by atoms with Crippen molar-refractivity contribution in [2.24, 2.45) is 0 Å². The minimum atomic E-state index is -4.34. The molecular formula is C16H9F3NO. The van der Waals surface area contributed by atoms with Crippen LogP contribution in [0.15, 0.2) is 54.6 Å². The van der Waals surface area contributed by atoms with Gasteiger partial charge in [-0.25, -0.2) is 4.98 Å². The Morgan fingerprint density at radius 1 is 0.905 bits per heavy atom. The number of hydrogen-bond acceptors (Lipinski definition) is 2. The molecule has 0 aliphatic carbocycles. The Labute approximate surface area is 118 Å². The molecule has 0 aliphatic heterocycles. The monoisotopic (exact) mass is 288 g/mol. The van der Waals surface area contributed by atoms with Crippen LogP contribution in [0.25, 0.3) is 10.9 Å². The van der Waals surface area contributed by atoms with Gasteiger partial charge in [0.1, 0.15) is 11.5 Å². The molecule has 3 rings (SSSR count). The summed E-state index contributed by atoms with van der Waals surface area (Å²) in [4.78, 5) is 4.06. The summed E-state index contributed by atoms with van der Waals surface area (Å²) in [5.41, 5.74) is 0.0744. The predicted octanol–water partition coefficient (Wildman–Crippen LogP) is 4.85. The molecule has 0 fully saturated rings. The van der Waals surface area contributed by atoms with Crippen molar-refractivity contribution >= 4 is 10.9 Å². The van der Waals surface area contributed by atoms with E-state index < -0.39 is 11.7 Å². The van der Waals surface area contributed by atoms with Gasteiger partial charge in [-0.05, 0) is 48.5 Å². The van der Waals surface area contributed by atoms with E-state index in [0.29, 0.717) is 11.5 Å². The standard InChI is InChI=1S/C16H9F3NO/c17-16(18,19)12-3-5-13(6-4-12)21-14-7-8-15-11(10-14)2-1-9-20-15/h1-8,10H. The summed E-state index contributed by atoms with van der Waals surface area (Å²) < 4.78 is 43.0. The van der Waals surface area contributed by atoms with Gasteiger partial charge in [0, 0.05) is 5.39 Å². The molecule has 3 aromatic rings. The molecule has 1 radical (unpaired) electrons. The van der Waals surface area contributed by atoms with E-state index in [1.165, 1.54) is 12.1 Å². The van der Waals surface area contributed by atoms with Gasteiger partial charge in [0.25, 0.3) is 0 Å². The Morgan fingerprint density at radius 2 is 1.62 bits per heavy atom. The fourth-order valence-electron chi connectivity index (χ4n) is 1.91. The predicted molar refractivity (Wildman–Crippen MR) is 72.1 cm³/mol. The van der Waals surface area contributed by atoms with Crippen molar-refractivity contribution in [3.8, 4) is 11.5 Å². The van der Waals surface area contributed by atoms with E-state index in [9.17, 15) is 13.2 Å². The van der Waals surface area contributed by atoms with E-state index in [1.54, 1.807) is 24.3 Å². The number of hydrogen-bond donors (Lipinski definition) is 0. The molecule has 0 aliphatic rings. The molecular weight excluding hydrogens is 279 g/mol. The molecule has 0 spiro atoms. The van der Waals surface area contributed by atoms with Crippen LogP contribution in [-0.4, -0.2) is 4.98 Å². The van der Waals surface area contributed by atoms with E-state index in [0.717, 1.165) is 23.0 Å². The highest BCUT2D eigenvalue weighted by molar-refractivity contribution is 5.79. The number of pyridine rings is 1. The third kappa shape index (κ3) is 2.97. The third-order valence-corrected chi connectivity index (χ3v) is 2.94. The Kier molecular flexibility index (Phi) is 3.25. The van der Waals surface area contributed by atoms with Crippen molar-refractivity contribution in [2.75, 3.05) is 0 Å². The molecule has 0 saturated heterocycles. The lowest BCUT2D eigenvalue weighted by atomic mass is 10.2. The molecule has 2 aromatic carbocycles. The number of ether oxygens (including phenoxy) is 1. The Bertz CT molecular complexity index is 766. The molecule has 5 heteroatoms. The van der Waals surface area contributed by atoms with Gasteiger partial charge < -0.3 is 4.74 Å². The first-order valence-electron chi connectivity index (χ1n) is 6.14. The molecule has 21 heavy (non-hydrogen) atoms. The lowest BCUT2D eigenvalue weighted by Crippen LogP contribution is -2.03. The fourth-order valence-corrected chi connectivity index (χ4v) is 1.91. The second kappa shape index (κ2) is 5.09. The first kappa shape index (κ1) is 13.4. The topological polar surface area (TPSA) is 22.1 Å². The SMILES string of the molecule is FC(F)(F)c1ccc(Oc2ccc3n[c]ccc3c2)cc1. The zero-order valence-corrected chi connectivity index (χ0v) is 10.7. The highest BCUT2D eigenvalue weighted by Gasteiger charge is 2.30. The Balaban J connectivity index is 1.84. The highest BCUT2D eigenvalue weighted by atomic mass is 19.4. The molecule has 0 bridgehead atoms. The quantitative estimate of drug-likeness (QED) is 0.672. The lowest BCUT2D eigenvalue weighted by molar-refractivity contribution is -0.137. The molecule has 0 unspecified atom stereocenters. The van der Waals surface area contributed by atoms with E-state index in [2.05, 4.69) is 11.2 Å². The van der Waals surface area contributed by atoms with Gasteiger partial charge >= 0.3 is 6.18 Å². The minimum Gasteiger partial charge on any atom is -0.457 e. The van der Waals surface area contributed by atoms with Crippen molar-refractivity contribution in [1.29, 1.82) is 0 Å². The van der Waals surface area contributed by atoms with Gasteiger partial charge in [0.15, 0.2) is 0 Å². The zero-order chi connectivity index (χ0) is 14.9. The average molecular weight is 288 g/mol. The summed E-state index contributed by atoms with van der Waals surface area (Å²) in [6, 6.07) is 13.3. The van der Waals surface area contributed by atoms with Crippen LogP contribution >= 0.6 is 0 Å². The summed E-state index contributed by atoms with van der Waals surface area (Å²) in [7, 11) is 0. The van der Waals surface area contributed by atoms with Crippen molar-refractivity contribution in [2.45, 2.75) is 6.18 Å². The smallest absolute Gasteiger partial charge is 0.416 e. The number of halogens is 3. The molecule has 0 N–H and O–H groups in total. The highest BCUT2D eigenvalue weighted by Crippen LogP contribution is 2.31. The van der Waals surface area contributed by atoms with Crippen LogP contribution in [0.4, 0.5) is 13.2 Å². The van der Waals surface area contributed by atoms with E-state index >= 15 is 0 Å². The minimum absolute atomic E-state index is 0.345. The molecule has 0 amide bonds. The second-order valence-electron chi connectivity index (χ2n) is 4.42. The van der Waals surface area contributed by atoms with Crippen molar-refractivity contribution in [1.82, 2.24) is 4.98 Å². The van der Waals surface area contributed by atoms with Crippen molar-refractivity contribution in [3.05, 3.63) is 66.4 Å². The van der Waals surface area contributed by atoms with Crippen LogP contribution in [0.2, 0.25) is 0 Å². The van der Waals surface area contributed by atoms with Gasteiger partial charge in [0.2, 0.25) is 0 Å². The van der Waals surface area contributed by atoms with Crippen LogP contribution < -0.4 is 4.74 Å². The van der Waals surface area contributed by atoms with Gasteiger partial charge in [-0.1, -0.05) is 6.07 Å². The number of nitrogens with zero attached hydrogens (tertiary/aromatic N) is 1. The maximum Gasteiger partial charge on any atom is 0.416 e. The summed E-state index contributed by atoms with van der Waals surface area (Å²) in [5.74, 6) is 0.882.